The van der Waals surface area contributed by atoms with Crippen molar-refractivity contribution < 1.29 is 0 Å². The van der Waals surface area contributed by atoms with E-state index in [1.165, 1.54) is 49.9 Å². The van der Waals surface area contributed by atoms with Crippen molar-refractivity contribution in [1.29, 1.82) is 0 Å². The van der Waals surface area contributed by atoms with E-state index in [2.05, 4.69) is 22.4 Å². The standard InChI is InChI=1S/C10H19N3S2/c1-2-3-4-5-6-7-8-11-9-12-13-10(14)15-9/h2-8H2,1H3,(H,11,12)(H,13,14). The molecule has 0 atom stereocenters. The van der Waals surface area contributed by atoms with Crippen molar-refractivity contribution in [2.24, 2.45) is 0 Å². The Kier molecular flexibility index (Phi) is 6.59. The maximum absolute atomic E-state index is 4.94. The molecule has 15 heavy (non-hydrogen) atoms. The molecule has 0 unspecified atom stereocenters. The molecule has 1 aromatic heterocycles. The van der Waals surface area contributed by atoms with Crippen LogP contribution in [0.15, 0.2) is 0 Å². The Morgan fingerprint density at radius 3 is 2.67 bits per heavy atom. The lowest BCUT2D eigenvalue weighted by Gasteiger charge is -2.01. The molecule has 0 fully saturated rings. The van der Waals surface area contributed by atoms with Crippen molar-refractivity contribution in [3.05, 3.63) is 3.95 Å². The number of nitrogens with zero attached hydrogens (tertiary/aromatic N) is 1. The quantitative estimate of drug-likeness (QED) is 0.538. The first-order valence-corrected chi connectivity index (χ1v) is 6.84. The summed E-state index contributed by atoms with van der Waals surface area (Å²) in [6.45, 7) is 3.25. The molecular formula is C10H19N3S2. The molecule has 86 valence electrons. The van der Waals surface area contributed by atoms with Gasteiger partial charge in [0.25, 0.3) is 0 Å². The van der Waals surface area contributed by atoms with E-state index >= 15 is 0 Å². The Labute approximate surface area is 100 Å². The summed E-state index contributed by atoms with van der Waals surface area (Å²) in [6.07, 6.45) is 7.94. The van der Waals surface area contributed by atoms with Crippen molar-refractivity contribution in [3.8, 4) is 0 Å². The fraction of sp³-hybridized carbons (Fsp3) is 0.800. The molecule has 1 rings (SSSR count). The summed E-state index contributed by atoms with van der Waals surface area (Å²) in [5.74, 6) is 0. The molecule has 0 saturated carbocycles. The fourth-order valence-corrected chi connectivity index (χ4v) is 2.22. The molecule has 0 aliphatic heterocycles. The number of aromatic nitrogens is 2. The second-order valence-corrected chi connectivity index (χ2v) is 5.28. The van der Waals surface area contributed by atoms with E-state index in [4.69, 9.17) is 12.2 Å². The minimum absolute atomic E-state index is 0.737. The molecule has 1 heterocycles. The van der Waals surface area contributed by atoms with E-state index in [1.807, 2.05) is 0 Å². The third-order valence-electron chi connectivity index (χ3n) is 2.24. The largest absolute Gasteiger partial charge is 0.360 e. The third-order valence-corrected chi connectivity index (χ3v) is 3.29. The molecule has 0 aromatic carbocycles. The van der Waals surface area contributed by atoms with Gasteiger partial charge in [-0.05, 0) is 18.6 Å². The topological polar surface area (TPSA) is 40.7 Å². The van der Waals surface area contributed by atoms with Crippen LogP contribution in [0.1, 0.15) is 45.4 Å². The molecule has 3 nitrogen and oxygen atoms in total. The molecule has 2 N–H and O–H groups in total. The van der Waals surface area contributed by atoms with Gasteiger partial charge in [-0.3, -0.25) is 5.10 Å². The van der Waals surface area contributed by atoms with Crippen LogP contribution in [0, 0.1) is 3.95 Å². The number of rotatable bonds is 8. The summed E-state index contributed by atoms with van der Waals surface area (Å²) >= 11 is 6.44. The minimum Gasteiger partial charge on any atom is -0.360 e. The lowest BCUT2D eigenvalue weighted by atomic mass is 10.1. The van der Waals surface area contributed by atoms with Crippen molar-refractivity contribution in [3.63, 3.8) is 0 Å². The first kappa shape index (κ1) is 12.6. The van der Waals surface area contributed by atoms with Gasteiger partial charge in [0.15, 0.2) is 3.95 Å². The summed E-state index contributed by atoms with van der Waals surface area (Å²) < 4.78 is 0.737. The first-order valence-electron chi connectivity index (χ1n) is 5.62. The Morgan fingerprint density at radius 1 is 1.27 bits per heavy atom. The summed E-state index contributed by atoms with van der Waals surface area (Å²) in [5.41, 5.74) is 0. The number of hydrogen-bond donors (Lipinski definition) is 2. The van der Waals surface area contributed by atoms with E-state index in [-0.39, 0.29) is 0 Å². The third kappa shape index (κ3) is 5.89. The zero-order chi connectivity index (χ0) is 10.9. The monoisotopic (exact) mass is 245 g/mol. The van der Waals surface area contributed by atoms with Gasteiger partial charge >= 0.3 is 0 Å². The van der Waals surface area contributed by atoms with Crippen LogP contribution in [0.4, 0.5) is 5.13 Å². The summed E-state index contributed by atoms with van der Waals surface area (Å²) in [7, 11) is 0. The molecule has 0 spiro atoms. The zero-order valence-corrected chi connectivity index (χ0v) is 10.8. The Hall–Kier alpha value is -0.420. The number of hydrogen-bond acceptors (Lipinski definition) is 4. The van der Waals surface area contributed by atoms with Crippen molar-refractivity contribution in [2.45, 2.75) is 45.4 Å². The SMILES string of the molecule is CCCCCCCCNc1n[nH]c(=S)s1. The maximum atomic E-state index is 4.94. The van der Waals surface area contributed by atoms with Crippen LogP contribution < -0.4 is 5.32 Å². The summed E-state index contributed by atoms with van der Waals surface area (Å²) in [6, 6.07) is 0. The van der Waals surface area contributed by atoms with E-state index < -0.39 is 0 Å². The van der Waals surface area contributed by atoms with Crippen LogP contribution in [0.3, 0.4) is 0 Å². The number of nitrogens with one attached hydrogen (secondary N) is 2. The lowest BCUT2D eigenvalue weighted by Crippen LogP contribution is -2.00. The minimum atomic E-state index is 0.737. The molecule has 0 aliphatic rings. The Morgan fingerprint density at radius 2 is 2.00 bits per heavy atom. The molecule has 0 saturated heterocycles. The fourth-order valence-electron chi connectivity index (χ4n) is 1.41. The number of H-pyrrole nitrogens is 1. The van der Waals surface area contributed by atoms with Gasteiger partial charge in [0.2, 0.25) is 5.13 Å². The van der Waals surface area contributed by atoms with E-state index in [9.17, 15) is 0 Å². The molecule has 0 bridgehead atoms. The normalized spacial score (nSPS) is 10.5. The van der Waals surface area contributed by atoms with Crippen molar-refractivity contribution >= 4 is 28.7 Å². The smallest absolute Gasteiger partial charge is 0.204 e. The van der Waals surface area contributed by atoms with Crippen LogP contribution >= 0.6 is 23.6 Å². The molecule has 0 radical (unpaired) electrons. The van der Waals surface area contributed by atoms with Gasteiger partial charge in [-0.2, -0.15) is 0 Å². The highest BCUT2D eigenvalue weighted by Crippen LogP contribution is 2.11. The lowest BCUT2D eigenvalue weighted by molar-refractivity contribution is 0.617. The van der Waals surface area contributed by atoms with Gasteiger partial charge < -0.3 is 5.32 Å². The summed E-state index contributed by atoms with van der Waals surface area (Å²) in [4.78, 5) is 0. The molecule has 0 aliphatic carbocycles. The number of unbranched alkanes of at least 4 members (excludes halogenated alkanes) is 5. The summed E-state index contributed by atoms with van der Waals surface area (Å²) in [5, 5.41) is 11.0. The first-order chi connectivity index (χ1) is 7.33. The molecule has 0 amide bonds. The van der Waals surface area contributed by atoms with Crippen molar-refractivity contribution in [1.82, 2.24) is 10.2 Å². The number of aromatic amines is 1. The highest BCUT2D eigenvalue weighted by atomic mass is 32.1. The van der Waals surface area contributed by atoms with E-state index in [0.29, 0.717) is 0 Å². The molecule has 1 aromatic rings. The van der Waals surface area contributed by atoms with Gasteiger partial charge in [0, 0.05) is 6.54 Å². The zero-order valence-electron chi connectivity index (χ0n) is 9.21. The van der Waals surface area contributed by atoms with Crippen LogP contribution in [0.2, 0.25) is 0 Å². The van der Waals surface area contributed by atoms with Crippen molar-refractivity contribution in [2.75, 3.05) is 11.9 Å². The molecular weight excluding hydrogens is 226 g/mol. The van der Waals surface area contributed by atoms with Gasteiger partial charge in [-0.25, -0.2) is 0 Å². The number of anilines is 1. The highest BCUT2D eigenvalue weighted by Gasteiger charge is 1.95. The van der Waals surface area contributed by atoms with Crippen LogP contribution in [0.5, 0.6) is 0 Å². The van der Waals surface area contributed by atoms with Gasteiger partial charge in [-0.15, -0.1) is 5.10 Å². The van der Waals surface area contributed by atoms with Gasteiger partial charge in [0.05, 0.1) is 0 Å². The average Bonchev–Trinajstić information content (AvgIpc) is 2.63. The highest BCUT2D eigenvalue weighted by molar-refractivity contribution is 7.73. The molecule has 5 heteroatoms. The van der Waals surface area contributed by atoms with Crippen LogP contribution in [0.25, 0.3) is 0 Å². The van der Waals surface area contributed by atoms with Crippen LogP contribution in [-0.4, -0.2) is 16.7 Å². The Bertz CT molecular complexity index is 306. The Balaban J connectivity index is 1.95. The maximum Gasteiger partial charge on any atom is 0.204 e. The predicted octanol–water partition coefficient (Wildman–Crippen LogP) is 3.97. The predicted molar refractivity (Wildman–Crippen MR) is 69.2 cm³/mol. The van der Waals surface area contributed by atoms with Gasteiger partial charge in [0.1, 0.15) is 0 Å². The van der Waals surface area contributed by atoms with Gasteiger partial charge in [-0.1, -0.05) is 50.4 Å². The van der Waals surface area contributed by atoms with E-state index in [0.717, 1.165) is 15.6 Å². The second kappa shape index (κ2) is 7.82. The van der Waals surface area contributed by atoms with Crippen LogP contribution in [-0.2, 0) is 0 Å². The second-order valence-electron chi connectivity index (χ2n) is 3.61. The van der Waals surface area contributed by atoms with E-state index in [1.54, 1.807) is 0 Å². The average molecular weight is 245 g/mol.